The van der Waals surface area contributed by atoms with Gasteiger partial charge in [-0.1, -0.05) is 24.0 Å². The lowest BCUT2D eigenvalue weighted by atomic mass is 9.87. The van der Waals surface area contributed by atoms with Crippen LogP contribution in [0.5, 0.6) is 0 Å². The van der Waals surface area contributed by atoms with Crippen molar-refractivity contribution >= 4 is 5.97 Å². The fourth-order valence-corrected chi connectivity index (χ4v) is 2.20. The van der Waals surface area contributed by atoms with Gasteiger partial charge >= 0.3 is 5.97 Å². The molecule has 2 rings (SSSR count). The average molecular weight is 269 g/mol. The summed E-state index contributed by atoms with van der Waals surface area (Å²) in [5.74, 6) is 4.35. The van der Waals surface area contributed by atoms with E-state index in [-0.39, 0.29) is 5.56 Å². The van der Waals surface area contributed by atoms with E-state index in [0.29, 0.717) is 24.0 Å². The maximum absolute atomic E-state index is 11.2. The summed E-state index contributed by atoms with van der Waals surface area (Å²) in [5, 5.41) is 28.6. The predicted octanol–water partition coefficient (Wildman–Crippen LogP) is 2.10. The number of hydrogen-bond donors (Lipinski definition) is 2. The van der Waals surface area contributed by atoms with Crippen molar-refractivity contribution < 1.29 is 15.0 Å². The molecule has 2 N–H and O–H groups in total. The molecule has 1 aromatic rings. The van der Waals surface area contributed by atoms with Gasteiger partial charge in [0.25, 0.3) is 0 Å². The Morgan fingerprint density at radius 3 is 2.60 bits per heavy atom. The number of nitrogens with zero attached hydrogens (tertiary/aromatic N) is 1. The molecule has 1 fully saturated rings. The molecule has 0 aliphatic heterocycles. The van der Waals surface area contributed by atoms with Crippen LogP contribution in [0.4, 0.5) is 0 Å². The van der Waals surface area contributed by atoms with Crippen LogP contribution in [0.2, 0.25) is 0 Å². The Hall–Kier alpha value is -2.30. The number of carboxylic acids is 1. The van der Waals surface area contributed by atoms with Crippen LogP contribution in [0.3, 0.4) is 0 Å². The van der Waals surface area contributed by atoms with E-state index in [1.165, 1.54) is 6.92 Å². The Morgan fingerprint density at radius 2 is 2.10 bits per heavy atom. The first-order valence-electron chi connectivity index (χ1n) is 6.33. The molecule has 0 aromatic heterocycles. The molecule has 0 unspecified atom stereocenters. The van der Waals surface area contributed by atoms with Gasteiger partial charge in [-0.3, -0.25) is 0 Å². The highest BCUT2D eigenvalue weighted by atomic mass is 16.4. The number of carbonyl (C=O) groups is 1. The number of benzene rings is 1. The van der Waals surface area contributed by atoms with Crippen LogP contribution in [0.1, 0.15) is 41.3 Å². The van der Waals surface area contributed by atoms with Crippen molar-refractivity contribution in [3.63, 3.8) is 0 Å². The molecule has 102 valence electrons. The van der Waals surface area contributed by atoms with Crippen LogP contribution in [0, 0.1) is 35.5 Å². The van der Waals surface area contributed by atoms with Crippen LogP contribution in [-0.2, 0) is 0 Å². The van der Waals surface area contributed by atoms with Crippen molar-refractivity contribution in [1.82, 2.24) is 0 Å². The molecule has 0 heterocycles. The van der Waals surface area contributed by atoms with Gasteiger partial charge in [0.05, 0.1) is 17.0 Å². The normalized spacial score (nSPS) is 18.1. The molecular weight excluding hydrogens is 254 g/mol. The third-order valence-corrected chi connectivity index (χ3v) is 3.82. The molecule has 0 spiro atoms. The first-order chi connectivity index (χ1) is 9.33. The van der Waals surface area contributed by atoms with E-state index in [2.05, 4.69) is 17.9 Å². The maximum atomic E-state index is 11.2. The second-order valence-electron chi connectivity index (χ2n) is 5.32. The Balaban J connectivity index is 2.43. The number of nitriles is 1. The smallest absolute Gasteiger partial charge is 0.337 e. The summed E-state index contributed by atoms with van der Waals surface area (Å²) in [5.41, 5.74) is -1.14. The second-order valence-corrected chi connectivity index (χ2v) is 5.32. The zero-order valence-electron chi connectivity index (χ0n) is 11.4. The van der Waals surface area contributed by atoms with Gasteiger partial charge in [0.2, 0.25) is 0 Å². The largest absolute Gasteiger partial charge is 0.478 e. The minimum atomic E-state index is -1.43. The van der Waals surface area contributed by atoms with Gasteiger partial charge in [-0.2, -0.15) is 5.26 Å². The van der Waals surface area contributed by atoms with Gasteiger partial charge < -0.3 is 10.2 Å². The number of carboxylic acid groups (broad SMARTS) is 1. The highest BCUT2D eigenvalue weighted by Crippen LogP contribution is 2.53. The molecule has 1 saturated carbocycles. The molecule has 0 saturated heterocycles. The van der Waals surface area contributed by atoms with Crippen molar-refractivity contribution in [2.24, 2.45) is 5.41 Å². The third kappa shape index (κ3) is 2.27. The molecule has 1 atom stereocenters. The minimum absolute atomic E-state index is 0.137. The lowest BCUT2D eigenvalue weighted by molar-refractivity contribution is 0.0676. The zero-order valence-corrected chi connectivity index (χ0v) is 11.4. The molecule has 20 heavy (non-hydrogen) atoms. The van der Waals surface area contributed by atoms with E-state index in [1.807, 2.05) is 0 Å². The van der Waals surface area contributed by atoms with Crippen LogP contribution >= 0.6 is 0 Å². The van der Waals surface area contributed by atoms with E-state index in [4.69, 9.17) is 5.26 Å². The maximum Gasteiger partial charge on any atom is 0.337 e. The number of aromatic carboxylic acids is 1. The zero-order chi connectivity index (χ0) is 15.0. The van der Waals surface area contributed by atoms with Crippen molar-refractivity contribution in [2.75, 3.05) is 0 Å². The van der Waals surface area contributed by atoms with Crippen LogP contribution in [0.15, 0.2) is 18.2 Å². The Bertz CT molecular complexity index is 667. The Labute approximate surface area is 117 Å². The van der Waals surface area contributed by atoms with Crippen molar-refractivity contribution in [3.05, 3.63) is 34.9 Å². The number of aryl methyl sites for hydroxylation is 1. The van der Waals surface area contributed by atoms with Crippen molar-refractivity contribution in [1.29, 1.82) is 5.26 Å². The molecule has 0 amide bonds. The molecule has 1 aromatic carbocycles. The third-order valence-electron chi connectivity index (χ3n) is 3.82. The summed E-state index contributed by atoms with van der Waals surface area (Å²) in [6.07, 6.45) is 1.23. The van der Waals surface area contributed by atoms with E-state index in [9.17, 15) is 15.0 Å². The standard InChI is InChI=1S/C16H15NO3/c1-11-4-3-5-12(13(11)14(18)19)6-7-15(2,20)16(10-17)8-9-16/h3-5,20H,8-9H2,1-2H3,(H,18,19)/t15-/m1/s1. The summed E-state index contributed by atoms with van der Waals surface area (Å²) in [4.78, 5) is 11.2. The fraction of sp³-hybridized carbons (Fsp3) is 0.375. The molecule has 1 aliphatic rings. The second kappa shape index (κ2) is 4.67. The quantitative estimate of drug-likeness (QED) is 0.805. The van der Waals surface area contributed by atoms with Gasteiger partial charge in [0.15, 0.2) is 0 Å². The number of rotatable bonds is 2. The minimum Gasteiger partial charge on any atom is -0.478 e. The van der Waals surface area contributed by atoms with Crippen molar-refractivity contribution in [3.8, 4) is 17.9 Å². The summed E-state index contributed by atoms with van der Waals surface area (Å²) < 4.78 is 0. The topological polar surface area (TPSA) is 81.3 Å². The highest BCUT2D eigenvalue weighted by Gasteiger charge is 2.56. The van der Waals surface area contributed by atoms with Crippen LogP contribution in [0.25, 0.3) is 0 Å². The first kappa shape index (κ1) is 14.1. The van der Waals surface area contributed by atoms with Gasteiger partial charge in [-0.15, -0.1) is 0 Å². The number of aliphatic hydroxyl groups is 1. The predicted molar refractivity (Wildman–Crippen MR) is 72.9 cm³/mol. The fourth-order valence-electron chi connectivity index (χ4n) is 2.20. The Kier molecular flexibility index (Phi) is 3.29. The summed E-state index contributed by atoms with van der Waals surface area (Å²) in [6, 6.07) is 7.13. The average Bonchev–Trinajstić information content (AvgIpc) is 3.17. The van der Waals surface area contributed by atoms with Gasteiger partial charge in [0, 0.05) is 5.56 Å². The summed E-state index contributed by atoms with van der Waals surface area (Å²) >= 11 is 0. The SMILES string of the molecule is Cc1cccc(C#C[C@@](C)(O)C2(C#N)CC2)c1C(=O)O. The summed E-state index contributed by atoms with van der Waals surface area (Å²) in [7, 11) is 0. The molecule has 0 radical (unpaired) electrons. The molecule has 1 aliphatic carbocycles. The molecule has 0 bridgehead atoms. The van der Waals surface area contributed by atoms with E-state index in [1.54, 1.807) is 25.1 Å². The number of hydrogen-bond acceptors (Lipinski definition) is 3. The van der Waals surface area contributed by atoms with Gasteiger partial charge in [-0.25, -0.2) is 4.79 Å². The van der Waals surface area contributed by atoms with E-state index in [0.717, 1.165) is 0 Å². The van der Waals surface area contributed by atoms with Crippen LogP contribution < -0.4 is 0 Å². The van der Waals surface area contributed by atoms with Crippen molar-refractivity contribution in [2.45, 2.75) is 32.3 Å². The Morgan fingerprint density at radius 1 is 1.45 bits per heavy atom. The van der Waals surface area contributed by atoms with Gasteiger partial charge in [0.1, 0.15) is 5.60 Å². The monoisotopic (exact) mass is 269 g/mol. The van der Waals surface area contributed by atoms with E-state index >= 15 is 0 Å². The van der Waals surface area contributed by atoms with Gasteiger partial charge in [-0.05, 0) is 38.3 Å². The lowest BCUT2D eigenvalue weighted by Gasteiger charge is -2.21. The molecule has 4 heteroatoms. The highest BCUT2D eigenvalue weighted by molar-refractivity contribution is 5.92. The summed E-state index contributed by atoms with van der Waals surface area (Å²) in [6.45, 7) is 3.21. The van der Waals surface area contributed by atoms with Crippen LogP contribution in [-0.4, -0.2) is 21.8 Å². The molecule has 4 nitrogen and oxygen atoms in total. The lowest BCUT2D eigenvalue weighted by Crippen LogP contribution is -2.33. The first-order valence-corrected chi connectivity index (χ1v) is 6.33. The molecular formula is C16H15NO3. The van der Waals surface area contributed by atoms with E-state index < -0.39 is 17.0 Å².